The van der Waals surface area contributed by atoms with Crippen molar-refractivity contribution in [2.75, 3.05) is 26.2 Å². The molecule has 2 aromatic carbocycles. The first-order valence-electron chi connectivity index (χ1n) is 9.32. The topological polar surface area (TPSA) is 29.5 Å². The third kappa shape index (κ3) is 4.70. The molecule has 3 rings (SSSR count). The van der Waals surface area contributed by atoms with Crippen LogP contribution < -0.4 is 4.74 Å². The van der Waals surface area contributed by atoms with E-state index in [9.17, 15) is 4.79 Å². The van der Waals surface area contributed by atoms with Crippen LogP contribution in [0.5, 0.6) is 5.75 Å². The zero-order valence-corrected chi connectivity index (χ0v) is 15.0. The molecule has 3 heteroatoms. The number of ether oxygens (including phenoxy) is 1. The molecule has 0 amide bonds. The van der Waals surface area contributed by atoms with E-state index in [1.165, 1.54) is 12.8 Å². The fourth-order valence-corrected chi connectivity index (χ4v) is 3.38. The lowest BCUT2D eigenvalue weighted by atomic mass is 9.90. The molecule has 0 spiro atoms. The molecule has 0 radical (unpaired) electrons. The molecular weight excluding hydrogens is 310 g/mol. The predicted molar refractivity (Wildman–Crippen MR) is 101 cm³/mol. The van der Waals surface area contributed by atoms with Crippen LogP contribution >= 0.6 is 0 Å². The highest BCUT2D eigenvalue weighted by atomic mass is 16.5. The Labute approximate surface area is 150 Å². The molecule has 1 fully saturated rings. The molecule has 3 nitrogen and oxygen atoms in total. The van der Waals surface area contributed by atoms with E-state index in [-0.39, 0.29) is 11.7 Å². The van der Waals surface area contributed by atoms with E-state index in [1.807, 2.05) is 42.5 Å². The lowest BCUT2D eigenvalue weighted by Gasteiger charge is -2.23. The molecule has 1 heterocycles. The van der Waals surface area contributed by atoms with Crippen molar-refractivity contribution in [1.82, 2.24) is 4.90 Å². The van der Waals surface area contributed by atoms with Gasteiger partial charge in [0.1, 0.15) is 5.75 Å². The highest BCUT2D eigenvalue weighted by Gasteiger charge is 2.26. The van der Waals surface area contributed by atoms with Crippen molar-refractivity contribution in [3.8, 4) is 5.75 Å². The smallest absolute Gasteiger partial charge is 0.171 e. The van der Waals surface area contributed by atoms with E-state index in [2.05, 4.69) is 24.0 Å². The largest absolute Gasteiger partial charge is 0.494 e. The van der Waals surface area contributed by atoms with Gasteiger partial charge in [-0.05, 0) is 62.2 Å². The number of nitrogens with zero attached hydrogens (tertiary/aromatic N) is 1. The average molecular weight is 337 g/mol. The second-order valence-corrected chi connectivity index (χ2v) is 6.71. The molecule has 0 aliphatic carbocycles. The van der Waals surface area contributed by atoms with Crippen molar-refractivity contribution in [1.29, 1.82) is 0 Å². The molecule has 2 aromatic rings. The summed E-state index contributed by atoms with van der Waals surface area (Å²) in [4.78, 5) is 15.6. The van der Waals surface area contributed by atoms with Gasteiger partial charge in [-0.3, -0.25) is 4.79 Å². The normalized spacial score (nSPS) is 15.9. The number of benzene rings is 2. The van der Waals surface area contributed by atoms with Crippen molar-refractivity contribution in [3.63, 3.8) is 0 Å². The van der Waals surface area contributed by atoms with Gasteiger partial charge in [0, 0.05) is 12.1 Å². The fraction of sp³-hybridized carbons (Fsp3) is 0.409. The Hall–Kier alpha value is -2.13. The minimum atomic E-state index is -0.110. The predicted octanol–water partition coefficient (Wildman–Crippen LogP) is 4.54. The number of carbonyl (C=O) groups excluding carboxylic acids is 1. The zero-order valence-electron chi connectivity index (χ0n) is 15.0. The standard InChI is InChI=1S/C22H27NO2/c1-2-16-25-20-12-10-19(11-13-20)22(24)21(17-23-14-6-7-15-23)18-8-4-3-5-9-18/h3-5,8-13,21H,2,6-7,14-17H2,1H3/t21-/m1/s1. The SMILES string of the molecule is CCCOc1ccc(C(=O)[C@H](CN2CCCC2)c2ccccc2)cc1. The molecule has 1 aliphatic heterocycles. The number of Topliss-reactive ketones (excluding diaryl/α,β-unsaturated/α-hetero) is 1. The first-order chi connectivity index (χ1) is 12.3. The van der Waals surface area contributed by atoms with Crippen LogP contribution in [0.3, 0.4) is 0 Å². The van der Waals surface area contributed by atoms with Crippen molar-refractivity contribution in [3.05, 3.63) is 65.7 Å². The number of likely N-dealkylation sites (tertiary alicyclic amines) is 1. The van der Waals surface area contributed by atoms with Gasteiger partial charge in [-0.2, -0.15) is 0 Å². The quantitative estimate of drug-likeness (QED) is 0.663. The first kappa shape index (κ1) is 17.7. The van der Waals surface area contributed by atoms with Gasteiger partial charge >= 0.3 is 0 Å². The van der Waals surface area contributed by atoms with Crippen molar-refractivity contribution < 1.29 is 9.53 Å². The van der Waals surface area contributed by atoms with Crippen molar-refractivity contribution >= 4 is 5.78 Å². The Balaban J connectivity index is 1.78. The number of rotatable bonds is 8. The third-order valence-corrected chi connectivity index (χ3v) is 4.77. The summed E-state index contributed by atoms with van der Waals surface area (Å²) < 4.78 is 5.62. The zero-order chi connectivity index (χ0) is 17.5. The molecule has 0 N–H and O–H groups in total. The van der Waals surface area contributed by atoms with Crippen LogP contribution in [0, 0.1) is 0 Å². The maximum Gasteiger partial charge on any atom is 0.171 e. The molecule has 1 aliphatic rings. The third-order valence-electron chi connectivity index (χ3n) is 4.77. The van der Waals surface area contributed by atoms with Crippen LogP contribution in [0.4, 0.5) is 0 Å². The summed E-state index contributed by atoms with van der Waals surface area (Å²) in [6.45, 7) is 5.79. The number of hydrogen-bond acceptors (Lipinski definition) is 3. The summed E-state index contributed by atoms with van der Waals surface area (Å²) in [7, 11) is 0. The lowest BCUT2D eigenvalue weighted by molar-refractivity contribution is 0.0939. The number of ketones is 1. The van der Waals surface area contributed by atoms with Gasteiger partial charge in [-0.1, -0.05) is 37.3 Å². The number of carbonyl (C=O) groups is 1. The van der Waals surface area contributed by atoms with Crippen molar-refractivity contribution in [2.24, 2.45) is 0 Å². The van der Waals surface area contributed by atoms with E-state index in [4.69, 9.17) is 4.74 Å². The van der Waals surface area contributed by atoms with Crippen LogP contribution in [-0.2, 0) is 0 Å². The minimum Gasteiger partial charge on any atom is -0.494 e. The molecule has 132 valence electrons. The Morgan fingerprint density at radius 2 is 1.72 bits per heavy atom. The maximum atomic E-state index is 13.2. The summed E-state index contributed by atoms with van der Waals surface area (Å²) in [5.41, 5.74) is 1.86. The summed E-state index contributed by atoms with van der Waals surface area (Å²) in [5.74, 6) is 0.913. The van der Waals surface area contributed by atoms with E-state index >= 15 is 0 Å². The van der Waals surface area contributed by atoms with Crippen LogP contribution in [0.2, 0.25) is 0 Å². The number of hydrogen-bond donors (Lipinski definition) is 0. The maximum absolute atomic E-state index is 13.2. The Morgan fingerprint density at radius 1 is 1.04 bits per heavy atom. The van der Waals surface area contributed by atoms with Gasteiger partial charge in [-0.15, -0.1) is 0 Å². The molecule has 0 bridgehead atoms. The van der Waals surface area contributed by atoms with Gasteiger partial charge in [0.25, 0.3) is 0 Å². The van der Waals surface area contributed by atoms with Crippen LogP contribution in [-0.4, -0.2) is 36.9 Å². The Morgan fingerprint density at radius 3 is 2.36 bits per heavy atom. The van der Waals surface area contributed by atoms with Crippen LogP contribution in [0.25, 0.3) is 0 Å². The molecule has 0 aromatic heterocycles. The summed E-state index contributed by atoms with van der Waals surface area (Å²) in [6.07, 6.45) is 3.45. The van der Waals surface area contributed by atoms with Crippen LogP contribution in [0.15, 0.2) is 54.6 Å². The molecule has 0 saturated carbocycles. The molecule has 0 unspecified atom stereocenters. The van der Waals surface area contributed by atoms with E-state index in [0.29, 0.717) is 6.61 Å². The Kier molecular flexibility index (Phi) is 6.24. The summed E-state index contributed by atoms with van der Waals surface area (Å²) in [5, 5.41) is 0. The molecule has 1 atom stereocenters. The van der Waals surface area contributed by atoms with Gasteiger partial charge in [0.2, 0.25) is 0 Å². The summed E-state index contributed by atoms with van der Waals surface area (Å²) in [6, 6.07) is 17.8. The first-order valence-corrected chi connectivity index (χ1v) is 9.32. The van der Waals surface area contributed by atoms with Gasteiger partial charge in [0.15, 0.2) is 5.78 Å². The van der Waals surface area contributed by atoms with Gasteiger partial charge in [-0.25, -0.2) is 0 Å². The van der Waals surface area contributed by atoms with E-state index in [1.54, 1.807) is 0 Å². The Bertz CT molecular complexity index is 660. The fourth-order valence-electron chi connectivity index (χ4n) is 3.38. The second-order valence-electron chi connectivity index (χ2n) is 6.71. The highest BCUT2D eigenvalue weighted by molar-refractivity contribution is 6.01. The van der Waals surface area contributed by atoms with Crippen molar-refractivity contribution in [2.45, 2.75) is 32.1 Å². The van der Waals surface area contributed by atoms with Gasteiger partial charge in [0.05, 0.1) is 12.5 Å². The van der Waals surface area contributed by atoms with Gasteiger partial charge < -0.3 is 9.64 Å². The van der Waals surface area contributed by atoms with E-state index < -0.39 is 0 Å². The molecule has 1 saturated heterocycles. The molecular formula is C22H27NO2. The minimum absolute atomic E-state index is 0.110. The second kappa shape index (κ2) is 8.82. The lowest BCUT2D eigenvalue weighted by Crippen LogP contribution is -2.30. The van der Waals surface area contributed by atoms with E-state index in [0.717, 1.165) is 42.9 Å². The average Bonchev–Trinajstić information content (AvgIpc) is 3.18. The monoisotopic (exact) mass is 337 g/mol. The summed E-state index contributed by atoms with van der Waals surface area (Å²) >= 11 is 0. The molecule has 25 heavy (non-hydrogen) atoms. The highest BCUT2D eigenvalue weighted by Crippen LogP contribution is 2.25. The van der Waals surface area contributed by atoms with Crippen LogP contribution in [0.1, 0.15) is 48.0 Å².